The van der Waals surface area contributed by atoms with Gasteiger partial charge in [0.05, 0.1) is 22.3 Å². The van der Waals surface area contributed by atoms with E-state index in [1.54, 1.807) is 48.5 Å². The maximum atomic E-state index is 12.3. The van der Waals surface area contributed by atoms with E-state index in [0.717, 1.165) is 9.80 Å². The van der Waals surface area contributed by atoms with Crippen molar-refractivity contribution in [2.45, 2.75) is 18.9 Å². The molecule has 8 nitrogen and oxygen atoms in total. The van der Waals surface area contributed by atoms with Crippen LogP contribution in [0.2, 0.25) is 0 Å². The third-order valence-electron chi connectivity index (χ3n) is 5.34. The summed E-state index contributed by atoms with van der Waals surface area (Å²) in [6, 6.07) is 12.8. The van der Waals surface area contributed by atoms with Gasteiger partial charge >= 0.3 is 0 Å². The Morgan fingerprint density at radius 3 is 1.47 bits per heavy atom. The molecule has 1 atom stereocenters. The van der Waals surface area contributed by atoms with E-state index in [2.05, 4.69) is 0 Å². The fraction of sp³-hybridized carbons (Fsp3) is 0.227. The molecule has 0 bridgehead atoms. The highest BCUT2D eigenvalue weighted by molar-refractivity contribution is 6.22. The Kier molecular flexibility index (Phi) is 5.01. The molecule has 152 valence electrons. The smallest absolute Gasteiger partial charge is 0.261 e. The molecule has 2 heterocycles. The summed E-state index contributed by atoms with van der Waals surface area (Å²) in [5, 5.41) is 10.2. The van der Waals surface area contributed by atoms with Gasteiger partial charge in [0.1, 0.15) is 6.10 Å². The first-order valence-corrected chi connectivity index (χ1v) is 9.51. The molecular formula is C22H18N2O6. The van der Waals surface area contributed by atoms with E-state index in [9.17, 15) is 29.1 Å². The van der Waals surface area contributed by atoms with Crippen molar-refractivity contribution < 1.29 is 29.1 Å². The topological polar surface area (TPSA) is 112 Å². The lowest BCUT2D eigenvalue weighted by Crippen LogP contribution is -2.36. The van der Waals surface area contributed by atoms with E-state index in [1.165, 1.54) is 0 Å². The van der Waals surface area contributed by atoms with E-state index in [0.29, 0.717) is 22.3 Å². The van der Waals surface area contributed by atoms with E-state index in [4.69, 9.17) is 0 Å². The molecule has 0 saturated carbocycles. The van der Waals surface area contributed by atoms with E-state index < -0.39 is 35.5 Å². The van der Waals surface area contributed by atoms with Crippen LogP contribution in [0.3, 0.4) is 0 Å². The SMILES string of the molecule is O=C(CCN1C(=O)c2ccccc2C1=O)[C@H](O)CCN1C(=O)c2ccccc2C1=O. The maximum absolute atomic E-state index is 12.3. The molecule has 2 aliphatic rings. The van der Waals surface area contributed by atoms with Crippen molar-refractivity contribution >= 4 is 29.4 Å². The zero-order valence-electron chi connectivity index (χ0n) is 15.9. The monoisotopic (exact) mass is 406 g/mol. The second kappa shape index (κ2) is 7.64. The minimum atomic E-state index is -1.41. The van der Waals surface area contributed by atoms with Gasteiger partial charge in [-0.3, -0.25) is 33.8 Å². The Labute approximate surface area is 171 Å². The fourth-order valence-electron chi connectivity index (χ4n) is 3.69. The Bertz CT molecular complexity index is 1020. The van der Waals surface area contributed by atoms with Gasteiger partial charge in [0, 0.05) is 19.5 Å². The highest BCUT2D eigenvalue weighted by atomic mass is 16.3. The zero-order valence-corrected chi connectivity index (χ0v) is 15.9. The van der Waals surface area contributed by atoms with Crippen LogP contribution in [-0.4, -0.2) is 63.5 Å². The number of carbonyl (C=O) groups excluding carboxylic acids is 5. The molecule has 0 radical (unpaired) electrons. The number of benzene rings is 2. The van der Waals surface area contributed by atoms with Crippen molar-refractivity contribution in [1.29, 1.82) is 0 Å². The second-order valence-electron chi connectivity index (χ2n) is 7.14. The number of nitrogens with zero attached hydrogens (tertiary/aromatic N) is 2. The summed E-state index contributed by atoms with van der Waals surface area (Å²) >= 11 is 0. The molecular weight excluding hydrogens is 388 g/mol. The second-order valence-corrected chi connectivity index (χ2v) is 7.14. The summed E-state index contributed by atoms with van der Waals surface area (Å²) < 4.78 is 0. The molecule has 1 N–H and O–H groups in total. The lowest BCUT2D eigenvalue weighted by molar-refractivity contribution is -0.127. The summed E-state index contributed by atoms with van der Waals surface area (Å²) in [6.45, 7) is -0.248. The minimum absolute atomic E-state index is 0.105. The predicted octanol–water partition coefficient (Wildman–Crippen LogP) is 1.29. The standard InChI is InChI=1S/C22H18N2O6/c25-17(9-11-23-19(27)13-5-1-2-6-14(13)20(23)28)18(26)10-12-24-21(29)15-7-3-4-8-16(15)22(24)30/h1-8,17,25H,9-12H2/t17-/m1/s1. The van der Waals surface area contributed by atoms with Crippen molar-refractivity contribution in [3.8, 4) is 0 Å². The van der Waals surface area contributed by atoms with Gasteiger partial charge in [0.25, 0.3) is 23.6 Å². The number of hydrogen-bond donors (Lipinski definition) is 1. The molecule has 0 fully saturated rings. The number of imide groups is 2. The van der Waals surface area contributed by atoms with Crippen molar-refractivity contribution in [3.05, 3.63) is 70.8 Å². The molecule has 2 aromatic carbocycles. The van der Waals surface area contributed by atoms with Crippen LogP contribution < -0.4 is 0 Å². The van der Waals surface area contributed by atoms with Crippen molar-refractivity contribution in [2.24, 2.45) is 0 Å². The average molecular weight is 406 g/mol. The van der Waals surface area contributed by atoms with Crippen LogP contribution in [0.25, 0.3) is 0 Å². The molecule has 0 spiro atoms. The van der Waals surface area contributed by atoms with Crippen molar-refractivity contribution in [3.63, 3.8) is 0 Å². The molecule has 2 aromatic rings. The molecule has 4 amide bonds. The Morgan fingerprint density at radius 1 is 0.700 bits per heavy atom. The molecule has 30 heavy (non-hydrogen) atoms. The first kappa shape index (κ1) is 19.7. The normalized spacial score (nSPS) is 16.2. The van der Waals surface area contributed by atoms with Crippen molar-refractivity contribution in [1.82, 2.24) is 9.80 Å². The molecule has 2 aliphatic heterocycles. The van der Waals surface area contributed by atoms with Gasteiger partial charge in [0.15, 0.2) is 5.78 Å². The minimum Gasteiger partial charge on any atom is -0.385 e. The van der Waals surface area contributed by atoms with Crippen molar-refractivity contribution in [2.75, 3.05) is 13.1 Å². The number of amides is 4. The van der Waals surface area contributed by atoms with Crippen LogP contribution in [0, 0.1) is 0 Å². The predicted molar refractivity (Wildman–Crippen MR) is 104 cm³/mol. The first-order chi connectivity index (χ1) is 14.4. The number of rotatable bonds is 7. The van der Waals surface area contributed by atoms with Crippen LogP contribution in [0.5, 0.6) is 0 Å². The van der Waals surface area contributed by atoms with Gasteiger partial charge in [0.2, 0.25) is 0 Å². The largest absolute Gasteiger partial charge is 0.385 e. The summed E-state index contributed by atoms with van der Waals surface area (Å²) in [5.74, 6) is -2.42. The van der Waals surface area contributed by atoms with Gasteiger partial charge in [-0.25, -0.2) is 0 Å². The molecule has 0 aromatic heterocycles. The van der Waals surface area contributed by atoms with Gasteiger partial charge in [-0.1, -0.05) is 24.3 Å². The van der Waals surface area contributed by atoms with Crippen LogP contribution >= 0.6 is 0 Å². The molecule has 0 unspecified atom stereocenters. The third-order valence-corrected chi connectivity index (χ3v) is 5.34. The number of aliphatic hydroxyl groups is 1. The molecule has 0 aliphatic carbocycles. The van der Waals surface area contributed by atoms with Crippen LogP contribution in [-0.2, 0) is 4.79 Å². The average Bonchev–Trinajstić information content (AvgIpc) is 3.15. The van der Waals surface area contributed by atoms with Crippen LogP contribution in [0.4, 0.5) is 0 Å². The van der Waals surface area contributed by atoms with Crippen LogP contribution in [0.15, 0.2) is 48.5 Å². The van der Waals surface area contributed by atoms with E-state index in [1.807, 2.05) is 0 Å². The lowest BCUT2D eigenvalue weighted by atomic mass is 10.1. The first-order valence-electron chi connectivity index (χ1n) is 9.51. The van der Waals surface area contributed by atoms with Crippen LogP contribution in [0.1, 0.15) is 54.3 Å². The fourth-order valence-corrected chi connectivity index (χ4v) is 3.69. The third kappa shape index (κ3) is 3.21. The summed E-state index contributed by atoms with van der Waals surface area (Å²) in [4.78, 5) is 63.6. The zero-order chi connectivity index (χ0) is 21.4. The summed E-state index contributed by atoms with van der Waals surface area (Å²) in [5.41, 5.74) is 1.19. The van der Waals surface area contributed by atoms with Gasteiger partial charge < -0.3 is 5.11 Å². The van der Waals surface area contributed by atoms with E-state index >= 15 is 0 Å². The summed E-state index contributed by atoms with van der Waals surface area (Å²) in [7, 11) is 0. The Balaban J connectivity index is 1.31. The van der Waals surface area contributed by atoms with Gasteiger partial charge in [-0.05, 0) is 30.7 Å². The Morgan fingerprint density at radius 2 is 1.07 bits per heavy atom. The van der Waals surface area contributed by atoms with Gasteiger partial charge in [-0.15, -0.1) is 0 Å². The number of aliphatic hydroxyl groups excluding tert-OH is 1. The number of hydrogen-bond acceptors (Lipinski definition) is 6. The van der Waals surface area contributed by atoms with Gasteiger partial charge in [-0.2, -0.15) is 0 Å². The molecule has 4 rings (SSSR count). The number of Topliss-reactive ketones (excluding diaryl/α,β-unsaturated/α-hetero) is 1. The lowest BCUT2D eigenvalue weighted by Gasteiger charge is -2.17. The number of fused-ring (bicyclic) bond motifs is 2. The Hall–Kier alpha value is -3.65. The molecule has 8 heteroatoms. The van der Waals surface area contributed by atoms with E-state index in [-0.39, 0.29) is 25.9 Å². The number of ketones is 1. The molecule has 0 saturated heterocycles. The quantitative estimate of drug-likeness (QED) is 0.694. The highest BCUT2D eigenvalue weighted by Crippen LogP contribution is 2.24. The maximum Gasteiger partial charge on any atom is 0.261 e. The highest BCUT2D eigenvalue weighted by Gasteiger charge is 2.37. The summed E-state index contributed by atoms with van der Waals surface area (Å²) in [6.07, 6.45) is -1.74. The number of carbonyl (C=O) groups is 5.